The predicted molar refractivity (Wildman–Crippen MR) is 120 cm³/mol. The lowest BCUT2D eigenvalue weighted by Crippen LogP contribution is -2.22. The molecule has 4 rings (SSSR count). The molecule has 2 heterocycles. The zero-order valence-electron chi connectivity index (χ0n) is 18.5. The number of anilines is 3. The van der Waals surface area contributed by atoms with Gasteiger partial charge in [0.1, 0.15) is 12.4 Å². The van der Waals surface area contributed by atoms with Gasteiger partial charge in [-0.3, -0.25) is 0 Å². The Morgan fingerprint density at radius 2 is 1.81 bits per heavy atom. The highest BCUT2D eigenvalue weighted by molar-refractivity contribution is 5.58. The molecule has 0 bridgehead atoms. The Bertz CT molecular complexity index is 849. The minimum absolute atomic E-state index is 0.107. The van der Waals surface area contributed by atoms with Crippen LogP contribution in [0.4, 0.5) is 17.6 Å². The van der Waals surface area contributed by atoms with Crippen LogP contribution in [0, 0.1) is 6.92 Å². The van der Waals surface area contributed by atoms with Gasteiger partial charge in [-0.25, -0.2) is 0 Å². The maximum absolute atomic E-state index is 5.90. The van der Waals surface area contributed by atoms with Crippen LogP contribution in [0.1, 0.15) is 56.9 Å². The van der Waals surface area contributed by atoms with Gasteiger partial charge in [0.05, 0.1) is 13.2 Å². The molecule has 1 saturated carbocycles. The largest absolute Gasteiger partial charge is 0.496 e. The Kier molecular flexibility index (Phi) is 7.40. The Labute approximate surface area is 184 Å². The van der Waals surface area contributed by atoms with Gasteiger partial charge in [-0.2, -0.15) is 15.0 Å². The fourth-order valence-electron chi connectivity index (χ4n) is 4.18. The number of ether oxygens (including phenoxy) is 3. The molecule has 2 N–H and O–H groups in total. The van der Waals surface area contributed by atoms with Crippen molar-refractivity contribution in [2.75, 3.05) is 31.0 Å². The van der Waals surface area contributed by atoms with Crippen molar-refractivity contribution in [1.29, 1.82) is 0 Å². The number of methoxy groups -OCH3 is 1. The first-order valence-corrected chi connectivity index (χ1v) is 11.4. The van der Waals surface area contributed by atoms with Gasteiger partial charge in [0.25, 0.3) is 0 Å². The van der Waals surface area contributed by atoms with Crippen molar-refractivity contribution in [2.45, 2.75) is 70.4 Å². The molecule has 168 valence electrons. The van der Waals surface area contributed by atoms with Crippen molar-refractivity contribution in [2.24, 2.45) is 0 Å². The fourth-order valence-corrected chi connectivity index (χ4v) is 4.18. The highest BCUT2D eigenvalue weighted by Crippen LogP contribution is 2.25. The molecule has 1 aliphatic carbocycles. The van der Waals surface area contributed by atoms with Crippen LogP contribution >= 0.6 is 0 Å². The normalized spacial score (nSPS) is 19.6. The zero-order valence-corrected chi connectivity index (χ0v) is 18.5. The predicted octanol–water partition coefficient (Wildman–Crippen LogP) is 4.62. The summed E-state index contributed by atoms with van der Waals surface area (Å²) in [6.07, 6.45) is 9.54. The third-order valence-corrected chi connectivity index (χ3v) is 5.88. The topological polar surface area (TPSA) is 90.4 Å². The van der Waals surface area contributed by atoms with E-state index in [2.05, 4.69) is 25.6 Å². The second kappa shape index (κ2) is 10.6. The molecule has 8 heteroatoms. The van der Waals surface area contributed by atoms with E-state index in [1.807, 2.05) is 25.1 Å². The highest BCUT2D eigenvalue weighted by Gasteiger charge is 2.19. The fraction of sp³-hybridized carbons (Fsp3) is 0.609. The Morgan fingerprint density at radius 1 is 1.00 bits per heavy atom. The lowest BCUT2D eigenvalue weighted by atomic mass is 10.1. The molecule has 8 nitrogen and oxygen atoms in total. The average molecular weight is 428 g/mol. The molecule has 0 radical (unpaired) electrons. The van der Waals surface area contributed by atoms with E-state index in [1.165, 1.54) is 25.7 Å². The number of hydrogen-bond donors (Lipinski definition) is 2. The van der Waals surface area contributed by atoms with E-state index in [9.17, 15) is 0 Å². The second-order valence-corrected chi connectivity index (χ2v) is 8.35. The van der Waals surface area contributed by atoms with Crippen LogP contribution in [0.3, 0.4) is 0 Å². The van der Waals surface area contributed by atoms with Gasteiger partial charge in [-0.15, -0.1) is 0 Å². The molecule has 2 aliphatic rings. The van der Waals surface area contributed by atoms with E-state index in [0.717, 1.165) is 49.3 Å². The first-order valence-electron chi connectivity index (χ1n) is 11.4. The SMILES string of the molecule is COc1ccc(Nc2nc(NC3CCCCCC3)nc(OCC3CCCO3)n2)cc1C. The summed E-state index contributed by atoms with van der Waals surface area (Å²) in [4.78, 5) is 13.6. The smallest absolute Gasteiger partial charge is 0.323 e. The molecule has 1 unspecified atom stereocenters. The molecule has 31 heavy (non-hydrogen) atoms. The monoisotopic (exact) mass is 427 g/mol. The Hall–Kier alpha value is -2.61. The lowest BCUT2D eigenvalue weighted by molar-refractivity contribution is 0.0645. The van der Waals surface area contributed by atoms with E-state index in [4.69, 9.17) is 14.2 Å². The van der Waals surface area contributed by atoms with Crippen LogP contribution in [0.25, 0.3) is 0 Å². The summed E-state index contributed by atoms with van der Waals surface area (Å²) < 4.78 is 16.9. The molecule has 1 aromatic carbocycles. The molecule has 1 atom stereocenters. The van der Waals surface area contributed by atoms with Gasteiger partial charge in [-0.1, -0.05) is 25.7 Å². The summed E-state index contributed by atoms with van der Waals surface area (Å²) in [6.45, 7) is 3.25. The zero-order chi connectivity index (χ0) is 21.5. The number of aryl methyl sites for hydroxylation is 1. The van der Waals surface area contributed by atoms with Gasteiger partial charge in [0.15, 0.2) is 0 Å². The van der Waals surface area contributed by atoms with Crippen LogP contribution in [0.15, 0.2) is 18.2 Å². The minimum Gasteiger partial charge on any atom is -0.496 e. The summed E-state index contributed by atoms with van der Waals surface area (Å²) in [6, 6.07) is 6.58. The van der Waals surface area contributed by atoms with Crippen molar-refractivity contribution in [1.82, 2.24) is 15.0 Å². The maximum atomic E-state index is 5.90. The number of nitrogens with zero attached hydrogens (tertiary/aromatic N) is 3. The maximum Gasteiger partial charge on any atom is 0.323 e. The van der Waals surface area contributed by atoms with Gasteiger partial charge in [-0.05, 0) is 56.4 Å². The number of hydrogen-bond acceptors (Lipinski definition) is 8. The van der Waals surface area contributed by atoms with Crippen LogP contribution in [-0.2, 0) is 4.74 Å². The number of rotatable bonds is 8. The average Bonchev–Trinajstić information content (AvgIpc) is 3.16. The summed E-state index contributed by atoms with van der Waals surface area (Å²) in [5.74, 6) is 1.85. The molecular formula is C23H33N5O3. The first kappa shape index (κ1) is 21.6. The lowest BCUT2D eigenvalue weighted by Gasteiger charge is -2.18. The molecule has 2 aromatic rings. The van der Waals surface area contributed by atoms with Crippen molar-refractivity contribution in [3.8, 4) is 11.8 Å². The quantitative estimate of drug-likeness (QED) is 0.590. The van der Waals surface area contributed by atoms with Crippen LogP contribution in [0.5, 0.6) is 11.8 Å². The van der Waals surface area contributed by atoms with Crippen LogP contribution in [-0.4, -0.2) is 47.4 Å². The molecule has 0 amide bonds. The van der Waals surface area contributed by atoms with Gasteiger partial charge in [0, 0.05) is 18.3 Å². The molecule has 1 aromatic heterocycles. The van der Waals surface area contributed by atoms with E-state index in [-0.39, 0.29) is 6.10 Å². The summed E-state index contributed by atoms with van der Waals surface area (Å²) in [7, 11) is 1.67. The number of benzene rings is 1. The molecule has 0 spiro atoms. The van der Waals surface area contributed by atoms with E-state index >= 15 is 0 Å². The summed E-state index contributed by atoms with van der Waals surface area (Å²) in [5, 5.41) is 6.80. The molecule has 2 fully saturated rings. The van der Waals surface area contributed by atoms with Crippen LogP contribution < -0.4 is 20.1 Å². The molecule has 1 aliphatic heterocycles. The third kappa shape index (κ3) is 6.19. The molecular weight excluding hydrogens is 394 g/mol. The van der Waals surface area contributed by atoms with Gasteiger partial charge in [0.2, 0.25) is 11.9 Å². The van der Waals surface area contributed by atoms with Crippen molar-refractivity contribution in [3.05, 3.63) is 23.8 Å². The summed E-state index contributed by atoms with van der Waals surface area (Å²) >= 11 is 0. The van der Waals surface area contributed by atoms with Crippen molar-refractivity contribution < 1.29 is 14.2 Å². The molecule has 1 saturated heterocycles. The second-order valence-electron chi connectivity index (χ2n) is 8.35. The summed E-state index contributed by atoms with van der Waals surface area (Å²) in [5.41, 5.74) is 1.92. The van der Waals surface area contributed by atoms with E-state index in [1.54, 1.807) is 7.11 Å². The minimum atomic E-state index is 0.107. The van der Waals surface area contributed by atoms with Crippen LogP contribution in [0.2, 0.25) is 0 Å². The third-order valence-electron chi connectivity index (χ3n) is 5.88. The van der Waals surface area contributed by atoms with Gasteiger partial charge >= 0.3 is 6.01 Å². The standard InChI is InChI=1S/C23H33N5O3/c1-16-14-18(11-12-20(16)29-2)25-22-26-21(24-17-8-5-3-4-6-9-17)27-23(28-22)31-15-19-10-7-13-30-19/h11-12,14,17,19H,3-10,13,15H2,1-2H3,(H2,24,25,26,27,28). The van der Waals surface area contributed by atoms with E-state index in [0.29, 0.717) is 30.6 Å². The van der Waals surface area contributed by atoms with Crippen molar-refractivity contribution >= 4 is 17.6 Å². The van der Waals surface area contributed by atoms with E-state index < -0.39 is 0 Å². The number of nitrogens with one attached hydrogen (secondary N) is 2. The van der Waals surface area contributed by atoms with Crippen molar-refractivity contribution in [3.63, 3.8) is 0 Å². The highest BCUT2D eigenvalue weighted by atomic mass is 16.5. The Balaban J connectivity index is 1.51. The first-order chi connectivity index (χ1) is 15.2. The number of aromatic nitrogens is 3. The van der Waals surface area contributed by atoms with Gasteiger partial charge < -0.3 is 24.8 Å². The Morgan fingerprint density at radius 3 is 2.52 bits per heavy atom.